The van der Waals surface area contributed by atoms with Crippen LogP contribution in [-0.4, -0.2) is 24.2 Å². The van der Waals surface area contributed by atoms with E-state index in [9.17, 15) is 0 Å². The zero-order valence-corrected chi connectivity index (χ0v) is 12.2. The van der Waals surface area contributed by atoms with E-state index in [0.717, 1.165) is 6.42 Å². The predicted octanol–water partition coefficient (Wildman–Crippen LogP) is 2.68. The third kappa shape index (κ3) is 4.30. The highest BCUT2D eigenvalue weighted by molar-refractivity contribution is 6.17. The first-order chi connectivity index (χ1) is 8.33. The van der Waals surface area contributed by atoms with Crippen LogP contribution >= 0.6 is 0 Å². The topological polar surface area (TPSA) is 18.5 Å². The molecule has 0 unspecified atom stereocenters. The lowest BCUT2D eigenvalue weighted by Gasteiger charge is -2.02. The summed E-state index contributed by atoms with van der Waals surface area (Å²) in [6, 6.07) is 15.0. The molecule has 0 aromatic heterocycles. The van der Waals surface area contributed by atoms with Gasteiger partial charge in [0.05, 0.1) is 0 Å². The van der Waals surface area contributed by atoms with Crippen LogP contribution in [0.3, 0.4) is 0 Å². The van der Waals surface area contributed by atoms with Gasteiger partial charge >= 0.3 is 10.0 Å². The molecule has 2 nitrogen and oxygen atoms in total. The van der Waals surface area contributed by atoms with E-state index in [4.69, 9.17) is 0 Å². The van der Waals surface area contributed by atoms with Gasteiger partial charge in [0, 0.05) is 14.2 Å². The van der Waals surface area contributed by atoms with Gasteiger partial charge in [-0.15, -0.1) is 0 Å². The van der Waals surface area contributed by atoms with Crippen LogP contribution in [0.15, 0.2) is 42.5 Å². The Balaban J connectivity index is 0.000000249. The van der Waals surface area contributed by atoms with Crippen LogP contribution in [-0.2, 0) is 15.3 Å². The largest absolute Gasteiger partial charge is 0.402 e. The minimum absolute atomic E-state index is 0.568. The average Bonchev–Trinajstić information content (AvgIpc) is 2.40. The third-order valence-electron chi connectivity index (χ3n) is 2.50. The van der Waals surface area contributed by atoms with Crippen molar-refractivity contribution in [3.63, 3.8) is 0 Å². The monoisotopic (exact) mass is 248 g/mol. The molecule has 2 aromatic carbocycles. The molecular formula is C14H20O2Si. The molecule has 2 rings (SSSR count). The van der Waals surface area contributed by atoms with Crippen molar-refractivity contribution in [1.82, 2.24) is 0 Å². The van der Waals surface area contributed by atoms with Gasteiger partial charge in [0.15, 0.2) is 0 Å². The Morgan fingerprint density at radius 2 is 1.59 bits per heavy atom. The molecular weight excluding hydrogens is 228 g/mol. The van der Waals surface area contributed by atoms with E-state index in [1.807, 2.05) is 0 Å². The number of hydrogen-bond donors (Lipinski definition) is 0. The first kappa shape index (κ1) is 13.9. The van der Waals surface area contributed by atoms with Crippen LogP contribution in [0.5, 0.6) is 0 Å². The van der Waals surface area contributed by atoms with Gasteiger partial charge in [0.2, 0.25) is 0 Å². The lowest BCUT2D eigenvalue weighted by Crippen LogP contribution is -1.93. The lowest BCUT2D eigenvalue weighted by atomic mass is 10.0. The highest BCUT2D eigenvalue weighted by Gasteiger charge is 1.95. The van der Waals surface area contributed by atoms with Crippen molar-refractivity contribution in [2.45, 2.75) is 13.3 Å². The summed E-state index contributed by atoms with van der Waals surface area (Å²) >= 11 is 0. The fourth-order valence-corrected chi connectivity index (χ4v) is 1.95. The number of aryl methyl sites for hydroxylation is 1. The van der Waals surface area contributed by atoms with E-state index >= 15 is 0 Å². The van der Waals surface area contributed by atoms with Crippen molar-refractivity contribution in [3.8, 4) is 0 Å². The van der Waals surface area contributed by atoms with E-state index in [0.29, 0.717) is 0 Å². The summed E-state index contributed by atoms with van der Waals surface area (Å²) in [6.07, 6.45) is 1.11. The zero-order valence-electron chi connectivity index (χ0n) is 10.8. The summed E-state index contributed by atoms with van der Waals surface area (Å²) in [6.45, 7) is 2.20. The Bertz CT molecular complexity index is 436. The normalized spacial score (nSPS) is 9.82. The fourth-order valence-electron chi connectivity index (χ4n) is 1.72. The molecule has 0 heterocycles. The Kier molecular flexibility index (Phi) is 6.55. The SMILES string of the molecule is CCc1cccc2ccccc12.CO[SiH2]OC. The average molecular weight is 248 g/mol. The summed E-state index contributed by atoms with van der Waals surface area (Å²) < 4.78 is 9.22. The Morgan fingerprint density at radius 1 is 0.941 bits per heavy atom. The molecule has 0 atom stereocenters. The molecule has 92 valence electrons. The molecule has 0 aliphatic rings. The fraction of sp³-hybridized carbons (Fsp3) is 0.286. The van der Waals surface area contributed by atoms with Gasteiger partial charge in [-0.25, -0.2) is 0 Å². The van der Waals surface area contributed by atoms with E-state index in [2.05, 4.69) is 58.2 Å². The Hall–Kier alpha value is -1.16. The molecule has 3 heteroatoms. The molecule has 0 spiro atoms. The van der Waals surface area contributed by atoms with Gasteiger partial charge in [-0.05, 0) is 22.8 Å². The molecule has 0 radical (unpaired) electrons. The Morgan fingerprint density at radius 3 is 2.18 bits per heavy atom. The molecule has 0 amide bonds. The van der Waals surface area contributed by atoms with Crippen molar-refractivity contribution in [1.29, 1.82) is 0 Å². The first-order valence-corrected chi connectivity index (χ1v) is 6.93. The maximum absolute atomic E-state index is 4.61. The van der Waals surface area contributed by atoms with Crippen LogP contribution in [0.1, 0.15) is 12.5 Å². The van der Waals surface area contributed by atoms with E-state index in [-0.39, 0.29) is 0 Å². The van der Waals surface area contributed by atoms with Crippen molar-refractivity contribution in [2.24, 2.45) is 0 Å². The van der Waals surface area contributed by atoms with E-state index < -0.39 is 10.0 Å². The summed E-state index contributed by atoms with van der Waals surface area (Å²) in [4.78, 5) is 0. The highest BCUT2D eigenvalue weighted by Crippen LogP contribution is 2.18. The maximum Gasteiger partial charge on any atom is 0.303 e. The van der Waals surface area contributed by atoms with Crippen LogP contribution in [0.25, 0.3) is 10.8 Å². The summed E-state index contributed by atoms with van der Waals surface area (Å²) in [5, 5.41) is 2.74. The lowest BCUT2D eigenvalue weighted by molar-refractivity contribution is 0.309. The molecule has 0 bridgehead atoms. The zero-order chi connectivity index (χ0) is 12.5. The van der Waals surface area contributed by atoms with Gasteiger partial charge in [0.25, 0.3) is 0 Å². The maximum atomic E-state index is 4.61. The van der Waals surface area contributed by atoms with Gasteiger partial charge in [-0.2, -0.15) is 0 Å². The molecule has 0 aliphatic heterocycles. The molecule has 0 saturated heterocycles. The molecule has 0 N–H and O–H groups in total. The van der Waals surface area contributed by atoms with Crippen LogP contribution in [0, 0.1) is 0 Å². The second kappa shape index (κ2) is 8.01. The summed E-state index contributed by atoms with van der Waals surface area (Å²) in [5.41, 5.74) is 1.44. The van der Waals surface area contributed by atoms with E-state index in [1.54, 1.807) is 14.2 Å². The van der Waals surface area contributed by atoms with Gasteiger partial charge in [-0.1, -0.05) is 49.4 Å². The highest BCUT2D eigenvalue weighted by atomic mass is 28.3. The van der Waals surface area contributed by atoms with Crippen LogP contribution < -0.4 is 0 Å². The van der Waals surface area contributed by atoms with Gasteiger partial charge in [-0.3, -0.25) is 0 Å². The van der Waals surface area contributed by atoms with Gasteiger partial charge < -0.3 is 8.85 Å². The van der Waals surface area contributed by atoms with Crippen LogP contribution in [0.2, 0.25) is 0 Å². The third-order valence-corrected chi connectivity index (χ3v) is 2.97. The summed E-state index contributed by atoms with van der Waals surface area (Å²) in [7, 11) is 2.73. The number of hydrogen-bond acceptors (Lipinski definition) is 2. The molecule has 0 saturated carbocycles. The molecule has 0 fully saturated rings. The number of benzene rings is 2. The number of fused-ring (bicyclic) bond motifs is 1. The first-order valence-electron chi connectivity index (χ1n) is 5.78. The predicted molar refractivity (Wildman–Crippen MR) is 75.9 cm³/mol. The van der Waals surface area contributed by atoms with E-state index in [1.165, 1.54) is 16.3 Å². The molecule has 0 aliphatic carbocycles. The Labute approximate surface area is 106 Å². The second-order valence-corrected chi connectivity index (χ2v) is 5.08. The van der Waals surface area contributed by atoms with Crippen molar-refractivity contribution >= 4 is 20.8 Å². The minimum Gasteiger partial charge on any atom is -0.402 e. The summed E-state index contributed by atoms with van der Waals surface area (Å²) in [5.74, 6) is 0. The standard InChI is InChI=1S/C12H12.C2H8O2Si/c1-2-10-7-5-8-11-6-3-4-9-12(10)11;1-3-5-4-2/h3-9H,2H2,1H3;5H2,1-2H3. The molecule has 17 heavy (non-hydrogen) atoms. The number of rotatable bonds is 3. The smallest absolute Gasteiger partial charge is 0.303 e. The minimum atomic E-state index is -0.568. The second-order valence-electron chi connectivity index (χ2n) is 3.69. The van der Waals surface area contributed by atoms with Crippen LogP contribution in [0.4, 0.5) is 0 Å². The molecule has 2 aromatic rings. The van der Waals surface area contributed by atoms with Crippen molar-refractivity contribution in [2.75, 3.05) is 14.2 Å². The quantitative estimate of drug-likeness (QED) is 0.778. The van der Waals surface area contributed by atoms with Gasteiger partial charge in [0.1, 0.15) is 0 Å². The van der Waals surface area contributed by atoms with Crippen molar-refractivity contribution < 1.29 is 8.85 Å². The van der Waals surface area contributed by atoms with Crippen molar-refractivity contribution in [3.05, 3.63) is 48.0 Å².